The van der Waals surface area contributed by atoms with Crippen molar-refractivity contribution in [3.05, 3.63) is 72.1 Å². The molecule has 188 valence electrons. The van der Waals surface area contributed by atoms with E-state index in [-0.39, 0.29) is 18.1 Å². The highest BCUT2D eigenvalue weighted by Crippen LogP contribution is 2.37. The lowest BCUT2D eigenvalue weighted by Crippen LogP contribution is -2.24. The number of para-hydroxylation sites is 1. The zero-order chi connectivity index (χ0) is 25.9. The predicted molar refractivity (Wildman–Crippen MR) is 130 cm³/mol. The van der Waals surface area contributed by atoms with Crippen molar-refractivity contribution in [1.29, 1.82) is 0 Å². The molecule has 0 N–H and O–H groups in total. The molecule has 10 nitrogen and oxygen atoms in total. The Balaban J connectivity index is 1.82. The van der Waals surface area contributed by atoms with E-state index in [1.807, 2.05) is 13.0 Å². The molecule has 12 heteroatoms. The quantitative estimate of drug-likeness (QED) is 0.333. The topological polar surface area (TPSA) is 122 Å². The third kappa shape index (κ3) is 5.03. The fourth-order valence-corrected chi connectivity index (χ4v) is 4.95. The summed E-state index contributed by atoms with van der Waals surface area (Å²) in [4.78, 5) is 12.0. The van der Waals surface area contributed by atoms with E-state index in [1.54, 1.807) is 42.1 Å². The van der Waals surface area contributed by atoms with Crippen molar-refractivity contribution in [2.75, 3.05) is 14.2 Å². The van der Waals surface area contributed by atoms with E-state index in [0.29, 0.717) is 28.6 Å². The number of aryl methyl sites for hydroxylation is 1. The second-order valence-corrected chi connectivity index (χ2v) is 10.5. The van der Waals surface area contributed by atoms with Gasteiger partial charge in [0.25, 0.3) is 0 Å². The molecule has 0 bridgehead atoms. The second-order valence-electron chi connectivity index (χ2n) is 8.12. The molecule has 0 aliphatic carbocycles. The first-order chi connectivity index (χ1) is 17.2. The first-order valence-corrected chi connectivity index (χ1v) is 12.7. The normalized spacial score (nSPS) is 12.4. The van der Waals surface area contributed by atoms with Crippen molar-refractivity contribution >= 4 is 9.84 Å². The second kappa shape index (κ2) is 10.4. The lowest BCUT2D eigenvalue weighted by molar-refractivity contribution is 0.390. The summed E-state index contributed by atoms with van der Waals surface area (Å²) in [5, 5.41) is 7.74. The van der Waals surface area contributed by atoms with Crippen LogP contribution in [0.5, 0.6) is 11.5 Å². The van der Waals surface area contributed by atoms with E-state index in [4.69, 9.17) is 9.47 Å². The maximum Gasteiger partial charge on any atom is 0.170 e. The van der Waals surface area contributed by atoms with Gasteiger partial charge in [0.15, 0.2) is 27.3 Å². The highest BCUT2D eigenvalue weighted by Gasteiger charge is 2.29. The Hall–Kier alpha value is -3.93. The van der Waals surface area contributed by atoms with Crippen molar-refractivity contribution < 1.29 is 22.3 Å². The van der Waals surface area contributed by atoms with Crippen molar-refractivity contribution in [2.24, 2.45) is 0 Å². The van der Waals surface area contributed by atoms with Gasteiger partial charge in [-0.3, -0.25) is 9.55 Å². The summed E-state index contributed by atoms with van der Waals surface area (Å²) in [6.07, 6.45) is 5.34. The van der Waals surface area contributed by atoms with E-state index in [2.05, 4.69) is 25.1 Å². The van der Waals surface area contributed by atoms with Crippen LogP contribution in [0.1, 0.15) is 24.1 Å². The molecule has 1 aromatic carbocycles. The Bertz CT molecular complexity index is 1450. The Morgan fingerprint density at radius 3 is 2.31 bits per heavy atom. The Morgan fingerprint density at radius 2 is 1.69 bits per heavy atom. The van der Waals surface area contributed by atoms with Crippen molar-refractivity contribution in [2.45, 2.75) is 31.3 Å². The number of benzene rings is 1. The van der Waals surface area contributed by atoms with Crippen LogP contribution in [0.2, 0.25) is 0 Å². The van der Waals surface area contributed by atoms with E-state index in [1.165, 1.54) is 14.2 Å². The maximum atomic E-state index is 13.4. The molecule has 0 radical (unpaired) electrons. The van der Waals surface area contributed by atoms with Gasteiger partial charge in [-0.1, -0.05) is 6.07 Å². The number of nitrogens with zero attached hydrogens (tertiary/aromatic N) is 6. The highest BCUT2D eigenvalue weighted by atomic mass is 32.2. The van der Waals surface area contributed by atoms with E-state index < -0.39 is 26.7 Å². The number of hydrogen-bond acceptors (Lipinski definition) is 9. The molecular formula is C24H25FN6O4S. The van der Waals surface area contributed by atoms with E-state index in [9.17, 15) is 12.8 Å². The van der Waals surface area contributed by atoms with Crippen LogP contribution in [0.25, 0.3) is 17.1 Å². The highest BCUT2D eigenvalue weighted by molar-refractivity contribution is 7.91. The summed E-state index contributed by atoms with van der Waals surface area (Å²) in [5.74, 6) is 0.666. The van der Waals surface area contributed by atoms with Gasteiger partial charge in [0, 0.05) is 24.4 Å². The smallest absolute Gasteiger partial charge is 0.170 e. The molecule has 3 aromatic heterocycles. The Kier molecular flexibility index (Phi) is 7.25. The van der Waals surface area contributed by atoms with Crippen LogP contribution in [-0.4, -0.2) is 57.6 Å². The average Bonchev–Trinajstić information content (AvgIpc) is 3.26. The third-order valence-corrected chi connectivity index (χ3v) is 7.78. The lowest BCUT2D eigenvalue weighted by Gasteiger charge is -2.18. The molecule has 3 heterocycles. The van der Waals surface area contributed by atoms with Crippen molar-refractivity contribution in [1.82, 2.24) is 29.7 Å². The van der Waals surface area contributed by atoms with Crippen LogP contribution in [0, 0.1) is 12.7 Å². The molecule has 1 atom stereocenters. The standard InChI is InChI=1S/C24H25FN6O4S/c1-15-8-9-26-13-18(15)24-30-29-22(31(24)23-19(34-3)6-5-7-20(23)35-4)14-36(32,33)16(2)10-21-27-11-17(25)12-28-21/h5-9,11-13,16H,10,14H2,1-4H3/t16-/m1/s1. The molecule has 0 spiro atoms. The van der Waals surface area contributed by atoms with Gasteiger partial charge in [-0.2, -0.15) is 0 Å². The molecule has 36 heavy (non-hydrogen) atoms. The number of aromatic nitrogens is 6. The minimum Gasteiger partial charge on any atom is -0.494 e. The number of ether oxygens (including phenoxy) is 2. The number of hydrogen-bond donors (Lipinski definition) is 0. The monoisotopic (exact) mass is 512 g/mol. The van der Waals surface area contributed by atoms with E-state index >= 15 is 0 Å². The number of halogens is 1. The van der Waals surface area contributed by atoms with Crippen LogP contribution in [0.3, 0.4) is 0 Å². The van der Waals surface area contributed by atoms with Gasteiger partial charge < -0.3 is 9.47 Å². The van der Waals surface area contributed by atoms with Gasteiger partial charge in [0.1, 0.15) is 28.8 Å². The van der Waals surface area contributed by atoms with Crippen LogP contribution in [-0.2, 0) is 22.0 Å². The van der Waals surface area contributed by atoms with Gasteiger partial charge in [0.2, 0.25) is 0 Å². The summed E-state index contributed by atoms with van der Waals surface area (Å²) >= 11 is 0. The summed E-state index contributed by atoms with van der Waals surface area (Å²) in [6.45, 7) is 3.45. The molecule has 0 fully saturated rings. The molecule has 0 aliphatic heterocycles. The van der Waals surface area contributed by atoms with Gasteiger partial charge in [-0.15, -0.1) is 10.2 Å². The molecule has 0 saturated heterocycles. The maximum absolute atomic E-state index is 13.4. The molecule has 0 unspecified atom stereocenters. The number of sulfone groups is 1. The molecule has 4 rings (SSSR count). The third-order valence-electron chi connectivity index (χ3n) is 5.72. The fourth-order valence-electron chi connectivity index (χ4n) is 3.72. The number of rotatable bonds is 9. The Morgan fingerprint density at radius 1 is 1.03 bits per heavy atom. The number of pyridine rings is 1. The van der Waals surface area contributed by atoms with Crippen LogP contribution in [0.4, 0.5) is 4.39 Å². The minimum atomic E-state index is -3.76. The van der Waals surface area contributed by atoms with Gasteiger partial charge in [-0.05, 0) is 37.6 Å². The molecule has 0 amide bonds. The average molecular weight is 513 g/mol. The van der Waals surface area contributed by atoms with Crippen LogP contribution >= 0.6 is 0 Å². The van der Waals surface area contributed by atoms with Crippen LogP contribution in [0.15, 0.2) is 49.1 Å². The fraction of sp³-hybridized carbons (Fsp3) is 0.292. The molecule has 4 aromatic rings. The summed E-state index contributed by atoms with van der Waals surface area (Å²) in [6, 6.07) is 7.08. The SMILES string of the molecule is COc1cccc(OC)c1-n1c(CS(=O)(=O)[C@H](C)Cc2ncc(F)cn2)nnc1-c1cnccc1C. The first kappa shape index (κ1) is 25.2. The first-order valence-electron chi connectivity index (χ1n) is 11.0. The Labute approximate surface area is 208 Å². The van der Waals surface area contributed by atoms with Crippen molar-refractivity contribution in [3.8, 4) is 28.6 Å². The molecular weight excluding hydrogens is 487 g/mol. The zero-order valence-electron chi connectivity index (χ0n) is 20.2. The van der Waals surface area contributed by atoms with Crippen LogP contribution < -0.4 is 9.47 Å². The summed E-state index contributed by atoms with van der Waals surface area (Å²) in [7, 11) is -0.739. The molecule has 0 saturated carbocycles. The summed E-state index contributed by atoms with van der Waals surface area (Å²) in [5.41, 5.74) is 2.02. The lowest BCUT2D eigenvalue weighted by atomic mass is 10.1. The number of methoxy groups -OCH3 is 2. The molecule has 0 aliphatic rings. The predicted octanol–water partition coefficient (Wildman–Crippen LogP) is 3.13. The van der Waals surface area contributed by atoms with Gasteiger partial charge in [-0.25, -0.2) is 22.8 Å². The van der Waals surface area contributed by atoms with Gasteiger partial charge in [0.05, 0.1) is 31.9 Å². The van der Waals surface area contributed by atoms with E-state index in [0.717, 1.165) is 18.0 Å². The van der Waals surface area contributed by atoms with Crippen molar-refractivity contribution in [3.63, 3.8) is 0 Å². The zero-order valence-corrected chi connectivity index (χ0v) is 21.0. The minimum absolute atomic E-state index is 0.0172. The van der Waals surface area contributed by atoms with Gasteiger partial charge >= 0.3 is 0 Å². The summed E-state index contributed by atoms with van der Waals surface area (Å²) < 4.78 is 52.7. The largest absolute Gasteiger partial charge is 0.494 e.